The Balaban J connectivity index is 1.65. The Hall–Kier alpha value is -1.88. The molecule has 0 unspecified atom stereocenters. The van der Waals surface area contributed by atoms with Gasteiger partial charge in [0, 0.05) is 19.5 Å². The molecule has 5 heteroatoms. The summed E-state index contributed by atoms with van der Waals surface area (Å²) in [6.45, 7) is 2.76. The number of methoxy groups -OCH3 is 1. The van der Waals surface area contributed by atoms with Crippen LogP contribution in [0, 0.1) is 0 Å². The van der Waals surface area contributed by atoms with Crippen LogP contribution in [0.3, 0.4) is 0 Å². The van der Waals surface area contributed by atoms with Gasteiger partial charge in [0.25, 0.3) is 0 Å². The first kappa shape index (κ1) is 13.1. The molecule has 1 aromatic carbocycles. The molecule has 2 heterocycles. The van der Waals surface area contributed by atoms with E-state index in [1.165, 1.54) is 12.0 Å². The molecule has 1 aliphatic heterocycles. The summed E-state index contributed by atoms with van der Waals surface area (Å²) < 4.78 is 7.51. The van der Waals surface area contributed by atoms with Crippen molar-refractivity contribution < 1.29 is 4.74 Å². The number of hydrogen-bond donors (Lipinski definition) is 0. The number of rotatable bonds is 5. The van der Waals surface area contributed by atoms with Gasteiger partial charge in [-0.2, -0.15) is 0 Å². The molecule has 0 atom stereocenters. The molecule has 0 N–H and O–H groups in total. The number of ether oxygens (including phenoxy) is 1. The highest BCUT2D eigenvalue weighted by molar-refractivity contribution is 5.28. The Bertz CT molecular complexity index is 593. The lowest BCUT2D eigenvalue weighted by Crippen LogP contribution is -2.20. The molecule has 0 aliphatic carbocycles. The highest BCUT2D eigenvalue weighted by Crippen LogP contribution is 2.17. The Morgan fingerprint density at radius 2 is 2.20 bits per heavy atom. The molecule has 0 fully saturated rings. The van der Waals surface area contributed by atoms with Crippen LogP contribution in [-0.2, 0) is 26.1 Å². The Kier molecular flexibility index (Phi) is 3.69. The molecule has 1 aromatic heterocycles. The maximum Gasteiger partial charge on any atom is 0.147 e. The number of aromatic nitrogens is 3. The molecule has 3 rings (SSSR count). The fraction of sp³-hybridized carbons (Fsp3) is 0.467. The Morgan fingerprint density at radius 1 is 1.30 bits per heavy atom. The monoisotopic (exact) mass is 272 g/mol. The molecule has 0 amide bonds. The molecule has 2 aromatic rings. The van der Waals surface area contributed by atoms with Crippen molar-refractivity contribution in [3.63, 3.8) is 0 Å². The Labute approximate surface area is 119 Å². The van der Waals surface area contributed by atoms with E-state index in [9.17, 15) is 0 Å². The van der Waals surface area contributed by atoms with Crippen LogP contribution in [0.25, 0.3) is 0 Å². The highest BCUT2D eigenvalue weighted by Gasteiger charge is 2.18. The second kappa shape index (κ2) is 5.63. The van der Waals surface area contributed by atoms with E-state index in [0.717, 1.165) is 43.5 Å². The van der Waals surface area contributed by atoms with Crippen molar-refractivity contribution in [1.29, 1.82) is 0 Å². The third kappa shape index (κ3) is 2.67. The summed E-state index contributed by atoms with van der Waals surface area (Å²) in [6, 6.07) is 8.18. The summed E-state index contributed by atoms with van der Waals surface area (Å²) in [5.41, 5.74) is 1.24. The van der Waals surface area contributed by atoms with Crippen LogP contribution in [0.1, 0.15) is 23.6 Å². The zero-order valence-corrected chi connectivity index (χ0v) is 12.0. The lowest BCUT2D eigenvalue weighted by atomic mass is 10.2. The second-order valence-corrected chi connectivity index (χ2v) is 5.31. The van der Waals surface area contributed by atoms with Gasteiger partial charge in [-0.05, 0) is 31.2 Å². The fourth-order valence-corrected chi connectivity index (χ4v) is 2.71. The van der Waals surface area contributed by atoms with Gasteiger partial charge in [0.05, 0.1) is 13.7 Å². The van der Waals surface area contributed by atoms with Crippen molar-refractivity contribution in [3.8, 4) is 5.75 Å². The number of hydrogen-bond acceptors (Lipinski definition) is 4. The highest BCUT2D eigenvalue weighted by atomic mass is 16.5. The van der Waals surface area contributed by atoms with Gasteiger partial charge in [-0.3, -0.25) is 4.90 Å². The summed E-state index contributed by atoms with van der Waals surface area (Å²) in [4.78, 5) is 2.25. The normalized spacial score (nSPS) is 13.8. The van der Waals surface area contributed by atoms with Crippen molar-refractivity contribution in [2.45, 2.75) is 32.5 Å². The molecule has 106 valence electrons. The molecule has 0 spiro atoms. The van der Waals surface area contributed by atoms with Crippen molar-refractivity contribution in [2.24, 2.45) is 0 Å². The van der Waals surface area contributed by atoms with E-state index >= 15 is 0 Å². The molecule has 1 aliphatic rings. The topological polar surface area (TPSA) is 43.2 Å². The zero-order valence-electron chi connectivity index (χ0n) is 12.0. The predicted octanol–water partition coefficient (Wildman–Crippen LogP) is 1.86. The van der Waals surface area contributed by atoms with Crippen LogP contribution in [-0.4, -0.2) is 33.8 Å². The summed E-state index contributed by atoms with van der Waals surface area (Å²) >= 11 is 0. The van der Waals surface area contributed by atoms with Gasteiger partial charge in [0.1, 0.15) is 17.4 Å². The number of benzene rings is 1. The summed E-state index contributed by atoms with van der Waals surface area (Å²) in [7, 11) is 3.80. The first-order valence-electron chi connectivity index (χ1n) is 6.98. The lowest BCUT2D eigenvalue weighted by Gasteiger charge is -2.16. The average molecular weight is 272 g/mol. The first-order chi connectivity index (χ1) is 9.76. The van der Waals surface area contributed by atoms with Crippen molar-refractivity contribution in [2.75, 3.05) is 14.2 Å². The summed E-state index contributed by atoms with van der Waals surface area (Å²) in [6.07, 6.45) is 2.25. The van der Waals surface area contributed by atoms with Crippen LogP contribution >= 0.6 is 0 Å². The maximum absolute atomic E-state index is 5.26. The third-order valence-corrected chi connectivity index (χ3v) is 3.68. The van der Waals surface area contributed by atoms with Crippen molar-refractivity contribution in [1.82, 2.24) is 19.7 Å². The van der Waals surface area contributed by atoms with E-state index in [1.807, 2.05) is 12.1 Å². The van der Waals surface area contributed by atoms with Crippen LogP contribution in [0.15, 0.2) is 24.3 Å². The Morgan fingerprint density at radius 3 is 3.05 bits per heavy atom. The average Bonchev–Trinajstić information content (AvgIpc) is 3.04. The van der Waals surface area contributed by atoms with Gasteiger partial charge in [0.15, 0.2) is 0 Å². The van der Waals surface area contributed by atoms with Crippen LogP contribution in [0.5, 0.6) is 5.75 Å². The standard InChI is InChI=1S/C15H20N4O/c1-18(10-12-5-3-6-13(9-12)20-2)11-15-17-16-14-7-4-8-19(14)15/h3,5-6,9H,4,7-8,10-11H2,1-2H3. The molecule has 0 saturated carbocycles. The summed E-state index contributed by atoms with van der Waals surface area (Å²) in [5.74, 6) is 3.11. The minimum Gasteiger partial charge on any atom is -0.497 e. The van der Waals surface area contributed by atoms with Gasteiger partial charge < -0.3 is 9.30 Å². The molecular weight excluding hydrogens is 252 g/mol. The third-order valence-electron chi connectivity index (χ3n) is 3.68. The van der Waals surface area contributed by atoms with E-state index in [0.29, 0.717) is 0 Å². The minimum atomic E-state index is 0.824. The van der Waals surface area contributed by atoms with Gasteiger partial charge in [-0.25, -0.2) is 0 Å². The van der Waals surface area contributed by atoms with Gasteiger partial charge in [-0.15, -0.1) is 10.2 Å². The number of aryl methyl sites for hydroxylation is 1. The van der Waals surface area contributed by atoms with E-state index in [-0.39, 0.29) is 0 Å². The second-order valence-electron chi connectivity index (χ2n) is 5.31. The quantitative estimate of drug-likeness (QED) is 0.833. The van der Waals surface area contributed by atoms with E-state index in [4.69, 9.17) is 4.74 Å². The number of fused-ring (bicyclic) bond motifs is 1. The van der Waals surface area contributed by atoms with Gasteiger partial charge >= 0.3 is 0 Å². The zero-order chi connectivity index (χ0) is 13.9. The SMILES string of the molecule is COc1cccc(CN(C)Cc2nnc3n2CCC3)c1. The molecular formula is C15H20N4O. The van der Waals surface area contributed by atoms with Crippen LogP contribution < -0.4 is 4.74 Å². The largest absolute Gasteiger partial charge is 0.497 e. The van der Waals surface area contributed by atoms with Crippen molar-refractivity contribution in [3.05, 3.63) is 41.5 Å². The van der Waals surface area contributed by atoms with E-state index in [1.54, 1.807) is 7.11 Å². The molecule has 5 nitrogen and oxygen atoms in total. The molecule has 0 radical (unpaired) electrons. The molecule has 0 bridgehead atoms. The van der Waals surface area contributed by atoms with Gasteiger partial charge in [-0.1, -0.05) is 12.1 Å². The lowest BCUT2D eigenvalue weighted by molar-refractivity contribution is 0.304. The van der Waals surface area contributed by atoms with Gasteiger partial charge in [0.2, 0.25) is 0 Å². The molecule has 0 saturated heterocycles. The predicted molar refractivity (Wildman–Crippen MR) is 76.5 cm³/mol. The van der Waals surface area contributed by atoms with Crippen molar-refractivity contribution >= 4 is 0 Å². The summed E-state index contributed by atoms with van der Waals surface area (Å²) in [5, 5.41) is 8.55. The molecule has 20 heavy (non-hydrogen) atoms. The van der Waals surface area contributed by atoms with E-state index < -0.39 is 0 Å². The number of nitrogens with zero attached hydrogens (tertiary/aromatic N) is 4. The first-order valence-corrected chi connectivity index (χ1v) is 6.98. The van der Waals surface area contributed by atoms with Crippen LogP contribution in [0.4, 0.5) is 0 Å². The minimum absolute atomic E-state index is 0.824. The maximum atomic E-state index is 5.26. The van der Waals surface area contributed by atoms with Crippen LogP contribution in [0.2, 0.25) is 0 Å². The fourth-order valence-electron chi connectivity index (χ4n) is 2.71. The smallest absolute Gasteiger partial charge is 0.147 e. The van der Waals surface area contributed by atoms with E-state index in [2.05, 4.69) is 38.8 Å².